The molecule has 5 rings (SSSR count). The highest BCUT2D eigenvalue weighted by atomic mass is 32.2. The maximum absolute atomic E-state index is 5.83. The van der Waals surface area contributed by atoms with E-state index in [4.69, 9.17) is 9.15 Å². The Morgan fingerprint density at radius 1 is 1.00 bits per heavy atom. The minimum atomic E-state index is 0.551. The molecule has 0 fully saturated rings. The molecule has 2 aromatic heterocycles. The molecular weight excluding hydrogens is 358 g/mol. The van der Waals surface area contributed by atoms with Gasteiger partial charge in [0.25, 0.3) is 5.22 Å². The van der Waals surface area contributed by atoms with Crippen molar-refractivity contribution in [3.8, 4) is 22.9 Å². The third kappa shape index (κ3) is 3.36. The van der Waals surface area contributed by atoms with Crippen LogP contribution in [-0.4, -0.2) is 21.4 Å². The molecule has 6 heteroatoms. The molecule has 0 N–H and O–H groups in total. The Balaban J connectivity index is 1.26. The van der Waals surface area contributed by atoms with Crippen molar-refractivity contribution in [1.82, 2.24) is 14.8 Å². The summed E-state index contributed by atoms with van der Waals surface area (Å²) in [6.45, 7) is 0.743. The van der Waals surface area contributed by atoms with Crippen molar-refractivity contribution >= 4 is 11.8 Å². The first kappa shape index (κ1) is 16.2. The van der Waals surface area contributed by atoms with Crippen LogP contribution in [0.3, 0.4) is 0 Å². The number of ether oxygens (including phenoxy) is 1. The predicted molar refractivity (Wildman–Crippen MR) is 104 cm³/mol. The first-order chi connectivity index (χ1) is 13.3. The Labute approximate surface area is 161 Å². The van der Waals surface area contributed by atoms with Gasteiger partial charge in [-0.05, 0) is 53.6 Å². The van der Waals surface area contributed by atoms with E-state index in [0.717, 1.165) is 35.8 Å². The van der Waals surface area contributed by atoms with Crippen molar-refractivity contribution in [2.75, 3.05) is 6.61 Å². The van der Waals surface area contributed by atoms with Crippen molar-refractivity contribution in [2.24, 2.45) is 0 Å². The number of hydrogen-bond donors (Lipinski definition) is 0. The molecule has 134 valence electrons. The number of fused-ring (bicyclic) bond motifs is 1. The Bertz CT molecular complexity index is 1060. The fraction of sp³-hybridized carbons (Fsp3) is 0.143. The first-order valence-corrected chi connectivity index (χ1v) is 9.78. The lowest BCUT2D eigenvalue weighted by atomic mass is 10.1. The molecule has 0 aliphatic carbocycles. The van der Waals surface area contributed by atoms with Crippen LogP contribution in [0.1, 0.15) is 11.1 Å². The van der Waals surface area contributed by atoms with Gasteiger partial charge in [-0.25, -0.2) is 0 Å². The van der Waals surface area contributed by atoms with Crippen LogP contribution in [0, 0.1) is 0 Å². The van der Waals surface area contributed by atoms with Crippen LogP contribution in [0.2, 0.25) is 0 Å². The van der Waals surface area contributed by atoms with Crippen LogP contribution >= 0.6 is 11.8 Å². The van der Waals surface area contributed by atoms with Crippen molar-refractivity contribution in [1.29, 1.82) is 0 Å². The molecule has 0 unspecified atom stereocenters. The normalized spacial score (nSPS) is 12.7. The zero-order valence-corrected chi connectivity index (χ0v) is 15.4. The summed E-state index contributed by atoms with van der Waals surface area (Å²) >= 11 is 1.55. The number of aromatic nitrogens is 3. The van der Waals surface area contributed by atoms with E-state index in [0.29, 0.717) is 11.1 Å². The average Bonchev–Trinajstić information content (AvgIpc) is 3.48. The van der Waals surface area contributed by atoms with Gasteiger partial charge in [-0.2, -0.15) is 0 Å². The second-order valence-electron chi connectivity index (χ2n) is 6.34. The smallest absolute Gasteiger partial charge is 0.277 e. The SMILES string of the molecule is c1ccn(-c2ccc(CSc3nnc(-c4ccc5c(c4)CCO5)o3)cc2)c1. The predicted octanol–water partition coefficient (Wildman–Crippen LogP) is 4.75. The molecule has 2 aromatic carbocycles. The second-order valence-corrected chi connectivity index (χ2v) is 7.27. The van der Waals surface area contributed by atoms with Crippen molar-refractivity contribution in [2.45, 2.75) is 17.4 Å². The third-order valence-electron chi connectivity index (χ3n) is 4.54. The summed E-state index contributed by atoms with van der Waals surface area (Å²) in [5.74, 6) is 2.29. The maximum Gasteiger partial charge on any atom is 0.277 e. The topological polar surface area (TPSA) is 53.1 Å². The maximum atomic E-state index is 5.83. The lowest BCUT2D eigenvalue weighted by Crippen LogP contribution is -1.89. The van der Waals surface area contributed by atoms with E-state index in [1.165, 1.54) is 11.1 Å². The van der Waals surface area contributed by atoms with E-state index in [-0.39, 0.29) is 0 Å². The molecule has 0 bridgehead atoms. The van der Waals surface area contributed by atoms with Gasteiger partial charge in [-0.15, -0.1) is 10.2 Å². The molecule has 0 atom stereocenters. The molecule has 0 saturated carbocycles. The van der Waals surface area contributed by atoms with Crippen LogP contribution in [0.15, 0.2) is 76.6 Å². The quantitative estimate of drug-likeness (QED) is 0.471. The molecule has 1 aliphatic heterocycles. The van der Waals surface area contributed by atoms with Crippen LogP contribution in [0.4, 0.5) is 0 Å². The van der Waals surface area contributed by atoms with E-state index in [9.17, 15) is 0 Å². The highest BCUT2D eigenvalue weighted by molar-refractivity contribution is 7.98. The molecule has 0 radical (unpaired) electrons. The Morgan fingerprint density at radius 2 is 1.85 bits per heavy atom. The van der Waals surface area contributed by atoms with Gasteiger partial charge in [0, 0.05) is 35.8 Å². The first-order valence-electron chi connectivity index (χ1n) is 8.80. The minimum absolute atomic E-state index is 0.551. The molecule has 0 spiro atoms. The third-order valence-corrected chi connectivity index (χ3v) is 5.43. The van der Waals surface area contributed by atoms with Gasteiger partial charge in [0.05, 0.1) is 6.61 Å². The van der Waals surface area contributed by atoms with E-state index in [1.54, 1.807) is 11.8 Å². The minimum Gasteiger partial charge on any atom is -0.493 e. The summed E-state index contributed by atoms with van der Waals surface area (Å²) in [5.41, 5.74) is 4.50. The summed E-state index contributed by atoms with van der Waals surface area (Å²) in [5, 5.41) is 8.94. The van der Waals surface area contributed by atoms with E-state index >= 15 is 0 Å². The summed E-state index contributed by atoms with van der Waals surface area (Å²) in [6, 6.07) is 18.5. The standard InChI is InChI=1S/C21H17N3O2S/c1-2-11-24(10-1)18-6-3-15(4-7-18)14-27-21-23-22-20(26-21)17-5-8-19-16(13-17)9-12-25-19/h1-8,10-11,13H,9,12,14H2. The number of rotatable bonds is 5. The van der Waals surface area contributed by atoms with Gasteiger partial charge in [-0.3, -0.25) is 0 Å². The van der Waals surface area contributed by atoms with Gasteiger partial charge in [0.1, 0.15) is 5.75 Å². The number of hydrogen-bond acceptors (Lipinski definition) is 5. The van der Waals surface area contributed by atoms with Crippen molar-refractivity contribution in [3.05, 3.63) is 78.1 Å². The Hall–Kier alpha value is -2.99. The Kier molecular flexibility index (Phi) is 4.18. The van der Waals surface area contributed by atoms with Gasteiger partial charge in [-0.1, -0.05) is 23.9 Å². The Morgan fingerprint density at radius 3 is 2.70 bits per heavy atom. The monoisotopic (exact) mass is 375 g/mol. The number of nitrogens with zero attached hydrogens (tertiary/aromatic N) is 3. The fourth-order valence-corrected chi connectivity index (χ4v) is 3.84. The van der Waals surface area contributed by atoms with Gasteiger partial charge >= 0.3 is 0 Å². The highest BCUT2D eigenvalue weighted by Crippen LogP contribution is 2.31. The zero-order chi connectivity index (χ0) is 18.1. The molecule has 4 aromatic rings. The highest BCUT2D eigenvalue weighted by Gasteiger charge is 2.15. The van der Waals surface area contributed by atoms with E-state index < -0.39 is 0 Å². The largest absolute Gasteiger partial charge is 0.493 e. The molecule has 0 amide bonds. The summed E-state index contributed by atoms with van der Waals surface area (Å²) < 4.78 is 13.5. The number of benzene rings is 2. The summed E-state index contributed by atoms with van der Waals surface area (Å²) in [6.07, 6.45) is 5.00. The van der Waals surface area contributed by atoms with Crippen LogP contribution in [-0.2, 0) is 12.2 Å². The molecular formula is C21H17N3O2S. The average molecular weight is 375 g/mol. The molecule has 1 aliphatic rings. The van der Waals surface area contributed by atoms with Crippen molar-refractivity contribution < 1.29 is 9.15 Å². The molecule has 3 heterocycles. The summed E-state index contributed by atoms with van der Waals surface area (Å²) in [7, 11) is 0. The van der Waals surface area contributed by atoms with E-state index in [2.05, 4.69) is 45.1 Å². The molecule has 0 saturated heterocycles. The van der Waals surface area contributed by atoms with Gasteiger partial charge < -0.3 is 13.7 Å². The van der Waals surface area contributed by atoms with Crippen molar-refractivity contribution in [3.63, 3.8) is 0 Å². The fourth-order valence-electron chi connectivity index (χ4n) is 3.12. The van der Waals surface area contributed by atoms with Crippen LogP contribution in [0.5, 0.6) is 5.75 Å². The lowest BCUT2D eigenvalue weighted by Gasteiger charge is -2.04. The molecule has 27 heavy (non-hydrogen) atoms. The van der Waals surface area contributed by atoms with Crippen LogP contribution in [0.25, 0.3) is 17.1 Å². The van der Waals surface area contributed by atoms with Gasteiger partial charge in [0.2, 0.25) is 5.89 Å². The summed E-state index contributed by atoms with van der Waals surface area (Å²) in [4.78, 5) is 0. The number of thioether (sulfide) groups is 1. The lowest BCUT2D eigenvalue weighted by molar-refractivity contribution is 0.357. The second kappa shape index (κ2) is 6.96. The van der Waals surface area contributed by atoms with Gasteiger partial charge in [0.15, 0.2) is 0 Å². The molecule has 5 nitrogen and oxygen atoms in total. The van der Waals surface area contributed by atoms with E-state index in [1.807, 2.05) is 36.7 Å². The van der Waals surface area contributed by atoms with Crippen LogP contribution < -0.4 is 4.74 Å². The zero-order valence-electron chi connectivity index (χ0n) is 14.5.